The Hall–Kier alpha value is -2.04. The molecule has 5 heteroatoms. The van der Waals surface area contributed by atoms with E-state index < -0.39 is 5.97 Å². The topological polar surface area (TPSA) is 66.8 Å². The lowest BCUT2D eigenvalue weighted by Gasteiger charge is -2.29. The summed E-state index contributed by atoms with van der Waals surface area (Å²) in [6, 6.07) is 5.37. The highest BCUT2D eigenvalue weighted by Crippen LogP contribution is 2.30. The number of amides is 1. The maximum Gasteiger partial charge on any atom is 0.341 e. The molecule has 1 aromatic carbocycles. The van der Waals surface area contributed by atoms with Gasteiger partial charge in [-0.15, -0.1) is 0 Å². The molecule has 1 aliphatic rings. The van der Waals surface area contributed by atoms with Crippen molar-refractivity contribution >= 4 is 17.6 Å². The molecule has 1 heterocycles. The lowest BCUT2D eigenvalue weighted by Crippen LogP contribution is -2.34. The zero-order valence-electron chi connectivity index (χ0n) is 10.9. The summed E-state index contributed by atoms with van der Waals surface area (Å²) in [7, 11) is 0. The number of benzene rings is 1. The molecule has 0 spiro atoms. The van der Waals surface area contributed by atoms with Crippen molar-refractivity contribution in [3.05, 3.63) is 23.8 Å². The number of carboxylic acids is 1. The second-order valence-electron chi connectivity index (χ2n) is 4.48. The number of nitrogens with zero attached hydrogens (tertiary/aromatic N) is 1. The Bertz CT molecular complexity index is 498. The van der Waals surface area contributed by atoms with Gasteiger partial charge in [0.05, 0.1) is 0 Å². The number of hydrogen-bond donors (Lipinski definition) is 1. The number of aryl methyl sites for hydroxylation is 1. The van der Waals surface area contributed by atoms with E-state index in [4.69, 9.17) is 9.84 Å². The van der Waals surface area contributed by atoms with Gasteiger partial charge in [-0.05, 0) is 36.6 Å². The van der Waals surface area contributed by atoms with E-state index in [1.54, 1.807) is 11.0 Å². The van der Waals surface area contributed by atoms with Crippen molar-refractivity contribution in [1.29, 1.82) is 0 Å². The van der Waals surface area contributed by atoms with Gasteiger partial charge in [-0.1, -0.05) is 6.92 Å². The summed E-state index contributed by atoms with van der Waals surface area (Å²) in [5, 5.41) is 8.58. The Labute approximate surface area is 111 Å². The second kappa shape index (κ2) is 5.73. The van der Waals surface area contributed by atoms with Gasteiger partial charge in [-0.3, -0.25) is 4.79 Å². The van der Waals surface area contributed by atoms with Crippen molar-refractivity contribution in [3.63, 3.8) is 0 Å². The molecule has 0 unspecified atom stereocenters. The van der Waals surface area contributed by atoms with Crippen LogP contribution in [0.3, 0.4) is 0 Å². The van der Waals surface area contributed by atoms with E-state index in [1.165, 1.54) is 0 Å². The van der Waals surface area contributed by atoms with Crippen LogP contribution in [0.2, 0.25) is 0 Å². The van der Waals surface area contributed by atoms with Crippen LogP contribution in [-0.2, 0) is 16.0 Å². The van der Waals surface area contributed by atoms with Crippen molar-refractivity contribution in [2.45, 2.75) is 26.2 Å². The van der Waals surface area contributed by atoms with Gasteiger partial charge in [-0.25, -0.2) is 4.79 Å². The number of rotatable bonds is 4. The van der Waals surface area contributed by atoms with Gasteiger partial charge in [-0.2, -0.15) is 0 Å². The number of ether oxygens (including phenoxy) is 1. The SMILES string of the molecule is CCC(=O)N1CCCc2cc(OCC(=O)O)ccc21. The Morgan fingerprint density at radius 1 is 1.42 bits per heavy atom. The van der Waals surface area contributed by atoms with Gasteiger partial charge in [0.25, 0.3) is 0 Å². The minimum absolute atomic E-state index is 0.111. The maximum absolute atomic E-state index is 11.8. The molecular formula is C14H17NO4. The molecule has 0 bridgehead atoms. The van der Waals surface area contributed by atoms with E-state index in [-0.39, 0.29) is 12.5 Å². The zero-order chi connectivity index (χ0) is 13.8. The van der Waals surface area contributed by atoms with Gasteiger partial charge in [0.1, 0.15) is 5.75 Å². The number of aliphatic carboxylic acids is 1. The van der Waals surface area contributed by atoms with Crippen LogP contribution in [0.25, 0.3) is 0 Å². The number of anilines is 1. The van der Waals surface area contributed by atoms with E-state index in [0.29, 0.717) is 12.2 Å². The van der Waals surface area contributed by atoms with Gasteiger partial charge < -0.3 is 14.7 Å². The largest absolute Gasteiger partial charge is 0.482 e. The molecule has 19 heavy (non-hydrogen) atoms. The van der Waals surface area contributed by atoms with E-state index in [0.717, 1.165) is 30.6 Å². The van der Waals surface area contributed by atoms with Crippen LogP contribution < -0.4 is 9.64 Å². The minimum atomic E-state index is -1.000. The lowest BCUT2D eigenvalue weighted by molar-refractivity contribution is -0.139. The number of carbonyl (C=O) groups excluding carboxylic acids is 1. The van der Waals surface area contributed by atoms with Gasteiger partial charge in [0, 0.05) is 18.7 Å². The predicted octanol–water partition coefficient (Wildman–Crippen LogP) is 1.84. The molecule has 0 fully saturated rings. The smallest absolute Gasteiger partial charge is 0.341 e. The highest BCUT2D eigenvalue weighted by molar-refractivity contribution is 5.94. The van der Waals surface area contributed by atoms with Gasteiger partial charge in [0.2, 0.25) is 5.91 Å². The highest BCUT2D eigenvalue weighted by Gasteiger charge is 2.21. The first-order valence-corrected chi connectivity index (χ1v) is 6.39. The third-order valence-corrected chi connectivity index (χ3v) is 3.14. The standard InChI is InChI=1S/C14H17NO4/c1-2-13(16)15-7-3-4-10-8-11(5-6-12(10)15)19-9-14(17)18/h5-6,8H,2-4,7,9H2,1H3,(H,17,18). The molecule has 0 saturated carbocycles. The van der Waals surface area contributed by atoms with Crippen LogP contribution in [0.5, 0.6) is 5.75 Å². The first-order valence-electron chi connectivity index (χ1n) is 6.39. The second-order valence-corrected chi connectivity index (χ2v) is 4.48. The molecule has 102 valence electrons. The molecule has 0 radical (unpaired) electrons. The fourth-order valence-corrected chi connectivity index (χ4v) is 2.26. The van der Waals surface area contributed by atoms with Gasteiger partial charge in [0.15, 0.2) is 6.61 Å². The van der Waals surface area contributed by atoms with Crippen molar-refractivity contribution in [1.82, 2.24) is 0 Å². The predicted molar refractivity (Wildman–Crippen MR) is 70.5 cm³/mol. The van der Waals surface area contributed by atoms with Crippen LogP contribution in [0.15, 0.2) is 18.2 Å². The van der Waals surface area contributed by atoms with E-state index in [9.17, 15) is 9.59 Å². The lowest BCUT2D eigenvalue weighted by atomic mass is 10.0. The summed E-state index contributed by atoms with van der Waals surface area (Å²) >= 11 is 0. The van der Waals surface area contributed by atoms with E-state index in [1.807, 2.05) is 19.1 Å². The zero-order valence-corrected chi connectivity index (χ0v) is 10.9. The third-order valence-electron chi connectivity index (χ3n) is 3.14. The number of fused-ring (bicyclic) bond motifs is 1. The summed E-state index contributed by atoms with van der Waals surface area (Å²) in [6.07, 6.45) is 2.28. The Kier molecular flexibility index (Phi) is 4.04. The molecule has 2 rings (SSSR count). The molecule has 1 amide bonds. The highest BCUT2D eigenvalue weighted by atomic mass is 16.5. The van der Waals surface area contributed by atoms with E-state index >= 15 is 0 Å². The average molecular weight is 263 g/mol. The number of carboxylic acid groups (broad SMARTS) is 1. The summed E-state index contributed by atoms with van der Waals surface area (Å²) in [5.41, 5.74) is 1.96. The molecule has 5 nitrogen and oxygen atoms in total. The molecule has 0 saturated heterocycles. The molecule has 0 atom stereocenters. The Morgan fingerprint density at radius 2 is 2.21 bits per heavy atom. The van der Waals surface area contributed by atoms with Gasteiger partial charge >= 0.3 is 5.97 Å². The van der Waals surface area contributed by atoms with Crippen molar-refractivity contribution in [2.75, 3.05) is 18.1 Å². The fraction of sp³-hybridized carbons (Fsp3) is 0.429. The van der Waals surface area contributed by atoms with Crippen LogP contribution in [0, 0.1) is 0 Å². The summed E-state index contributed by atoms with van der Waals surface area (Å²) in [5.74, 6) is -0.354. The van der Waals surface area contributed by atoms with Crippen LogP contribution in [0.4, 0.5) is 5.69 Å². The molecular weight excluding hydrogens is 246 g/mol. The summed E-state index contributed by atoms with van der Waals surface area (Å²) in [4.78, 5) is 24.1. The van der Waals surface area contributed by atoms with Crippen LogP contribution in [0.1, 0.15) is 25.3 Å². The fourth-order valence-electron chi connectivity index (χ4n) is 2.26. The third kappa shape index (κ3) is 3.05. The van der Waals surface area contributed by atoms with Crippen molar-refractivity contribution < 1.29 is 19.4 Å². The molecule has 0 aromatic heterocycles. The number of carbonyl (C=O) groups is 2. The molecule has 1 N–H and O–H groups in total. The van der Waals surface area contributed by atoms with E-state index in [2.05, 4.69) is 0 Å². The first kappa shape index (κ1) is 13.4. The Morgan fingerprint density at radius 3 is 2.89 bits per heavy atom. The van der Waals surface area contributed by atoms with Crippen molar-refractivity contribution in [2.24, 2.45) is 0 Å². The first-order chi connectivity index (χ1) is 9.11. The molecule has 1 aliphatic heterocycles. The van der Waals surface area contributed by atoms with Crippen LogP contribution in [-0.4, -0.2) is 30.1 Å². The average Bonchev–Trinajstić information content (AvgIpc) is 2.43. The Balaban J connectivity index is 2.20. The maximum atomic E-state index is 11.8. The minimum Gasteiger partial charge on any atom is -0.482 e. The molecule has 1 aromatic rings. The summed E-state index contributed by atoms with van der Waals surface area (Å²) in [6.45, 7) is 2.24. The summed E-state index contributed by atoms with van der Waals surface area (Å²) < 4.78 is 5.15. The van der Waals surface area contributed by atoms with Crippen molar-refractivity contribution in [3.8, 4) is 5.75 Å². The number of hydrogen-bond acceptors (Lipinski definition) is 3. The molecule has 0 aliphatic carbocycles. The quantitative estimate of drug-likeness (QED) is 0.900. The normalized spacial score (nSPS) is 13.8. The monoisotopic (exact) mass is 263 g/mol. The van der Waals surface area contributed by atoms with Crippen LogP contribution >= 0.6 is 0 Å².